The van der Waals surface area contributed by atoms with Crippen LogP contribution in [0.2, 0.25) is 0 Å². The van der Waals surface area contributed by atoms with Gasteiger partial charge in [0.2, 0.25) is 0 Å². The molecule has 0 unspecified atom stereocenters. The summed E-state index contributed by atoms with van der Waals surface area (Å²) in [5.74, 6) is -0.837. The predicted octanol–water partition coefficient (Wildman–Crippen LogP) is 0.272. The van der Waals surface area contributed by atoms with E-state index in [1.165, 1.54) is 16.9 Å². The smallest absolute Gasteiger partial charge is 0.335 e. The van der Waals surface area contributed by atoms with Crippen molar-refractivity contribution < 1.29 is 14.7 Å². The summed E-state index contributed by atoms with van der Waals surface area (Å²) in [5.41, 5.74) is 1.16. The maximum absolute atomic E-state index is 11.5. The first-order valence-corrected chi connectivity index (χ1v) is 6.15. The number of rotatable bonds is 5. The van der Waals surface area contributed by atoms with Gasteiger partial charge in [-0.25, -0.2) is 9.59 Å². The van der Waals surface area contributed by atoms with Crippen molar-refractivity contribution in [2.75, 3.05) is 11.9 Å². The topological polar surface area (TPSA) is 122 Å². The number of aromatic nitrogens is 4. The summed E-state index contributed by atoms with van der Waals surface area (Å²) in [6.45, 7) is 0.401. The van der Waals surface area contributed by atoms with E-state index in [2.05, 4.69) is 26.0 Å². The van der Waals surface area contributed by atoms with Gasteiger partial charge in [-0.3, -0.25) is 5.32 Å². The fourth-order valence-corrected chi connectivity index (χ4v) is 1.61. The van der Waals surface area contributed by atoms with Crippen LogP contribution >= 0.6 is 0 Å². The third-order valence-corrected chi connectivity index (χ3v) is 2.63. The molecular formula is C12H14N6O3. The minimum atomic E-state index is -0.962. The number of urea groups is 1. The van der Waals surface area contributed by atoms with E-state index in [1.807, 2.05) is 0 Å². The Kier molecular flexibility index (Phi) is 4.44. The molecule has 0 aliphatic carbocycles. The SMILES string of the molecule is Cn1nnc(NC(=O)NCCc2ccc(C(=O)O)cc2)n1. The number of carboxylic acid groups (broad SMARTS) is 1. The maximum Gasteiger partial charge on any atom is 0.335 e. The Morgan fingerprint density at radius 1 is 1.29 bits per heavy atom. The second-order valence-corrected chi connectivity index (χ2v) is 4.24. The van der Waals surface area contributed by atoms with Crippen LogP contribution in [0.15, 0.2) is 24.3 Å². The monoisotopic (exact) mass is 290 g/mol. The summed E-state index contributed by atoms with van der Waals surface area (Å²) in [7, 11) is 1.59. The molecule has 3 N–H and O–H groups in total. The van der Waals surface area contributed by atoms with Crippen molar-refractivity contribution in [3.8, 4) is 0 Å². The van der Waals surface area contributed by atoms with E-state index in [-0.39, 0.29) is 11.5 Å². The predicted molar refractivity (Wildman–Crippen MR) is 72.9 cm³/mol. The molecule has 0 bridgehead atoms. The molecule has 0 saturated heterocycles. The lowest BCUT2D eigenvalue weighted by molar-refractivity contribution is 0.0697. The third-order valence-electron chi connectivity index (χ3n) is 2.63. The Hall–Kier alpha value is -2.97. The number of aryl methyl sites for hydroxylation is 1. The summed E-state index contributed by atoms with van der Waals surface area (Å²) in [6, 6.07) is 6.06. The number of benzene rings is 1. The van der Waals surface area contributed by atoms with Crippen molar-refractivity contribution in [1.29, 1.82) is 0 Å². The average Bonchev–Trinajstić information content (AvgIpc) is 2.84. The molecule has 0 saturated carbocycles. The van der Waals surface area contributed by atoms with Crippen LogP contribution in [-0.2, 0) is 13.5 Å². The Morgan fingerprint density at radius 2 is 2.00 bits per heavy atom. The Morgan fingerprint density at radius 3 is 2.57 bits per heavy atom. The van der Waals surface area contributed by atoms with E-state index in [4.69, 9.17) is 5.11 Å². The van der Waals surface area contributed by atoms with Gasteiger partial charge in [0, 0.05) is 6.54 Å². The first kappa shape index (κ1) is 14.4. The molecule has 1 aromatic heterocycles. The zero-order valence-corrected chi connectivity index (χ0v) is 11.3. The molecule has 0 radical (unpaired) electrons. The maximum atomic E-state index is 11.5. The zero-order valence-electron chi connectivity index (χ0n) is 11.3. The van der Waals surface area contributed by atoms with Gasteiger partial charge in [-0.15, -0.1) is 5.10 Å². The van der Waals surface area contributed by atoms with Crippen LogP contribution in [0.5, 0.6) is 0 Å². The van der Waals surface area contributed by atoms with Crippen LogP contribution in [0.1, 0.15) is 15.9 Å². The summed E-state index contributed by atoms with van der Waals surface area (Å²) >= 11 is 0. The van der Waals surface area contributed by atoms with Gasteiger partial charge in [0.05, 0.1) is 12.6 Å². The van der Waals surface area contributed by atoms with E-state index in [1.54, 1.807) is 19.2 Å². The number of tetrazole rings is 1. The molecule has 0 atom stereocenters. The molecule has 2 amide bonds. The van der Waals surface area contributed by atoms with Gasteiger partial charge in [0.15, 0.2) is 0 Å². The molecule has 1 aromatic carbocycles. The number of nitrogens with one attached hydrogen (secondary N) is 2. The average molecular weight is 290 g/mol. The lowest BCUT2D eigenvalue weighted by Gasteiger charge is -2.05. The lowest BCUT2D eigenvalue weighted by Crippen LogP contribution is -2.30. The van der Waals surface area contributed by atoms with Gasteiger partial charge in [0.25, 0.3) is 5.95 Å². The molecular weight excluding hydrogens is 276 g/mol. The van der Waals surface area contributed by atoms with Gasteiger partial charge in [-0.1, -0.05) is 17.2 Å². The van der Waals surface area contributed by atoms with Crippen molar-refractivity contribution in [3.63, 3.8) is 0 Å². The van der Waals surface area contributed by atoms with Crippen molar-refractivity contribution in [3.05, 3.63) is 35.4 Å². The normalized spacial score (nSPS) is 10.1. The molecule has 110 valence electrons. The molecule has 0 fully saturated rings. The van der Waals surface area contributed by atoms with E-state index in [9.17, 15) is 9.59 Å². The second kappa shape index (κ2) is 6.46. The van der Waals surface area contributed by atoms with Gasteiger partial charge in [-0.2, -0.15) is 4.80 Å². The van der Waals surface area contributed by atoms with E-state index in [0.717, 1.165) is 5.56 Å². The van der Waals surface area contributed by atoms with Gasteiger partial charge < -0.3 is 10.4 Å². The molecule has 9 heteroatoms. The van der Waals surface area contributed by atoms with E-state index in [0.29, 0.717) is 13.0 Å². The number of amides is 2. The van der Waals surface area contributed by atoms with Gasteiger partial charge in [-0.05, 0) is 29.3 Å². The molecule has 9 nitrogen and oxygen atoms in total. The largest absolute Gasteiger partial charge is 0.478 e. The molecule has 0 aliphatic rings. The number of carbonyl (C=O) groups is 2. The molecule has 0 aliphatic heterocycles. The quantitative estimate of drug-likeness (QED) is 0.726. The van der Waals surface area contributed by atoms with Crippen LogP contribution in [-0.4, -0.2) is 43.9 Å². The second-order valence-electron chi connectivity index (χ2n) is 4.24. The Balaban J connectivity index is 1.76. The highest BCUT2D eigenvalue weighted by Crippen LogP contribution is 2.04. The molecule has 1 heterocycles. The highest BCUT2D eigenvalue weighted by Gasteiger charge is 2.06. The van der Waals surface area contributed by atoms with Crippen molar-refractivity contribution in [1.82, 2.24) is 25.5 Å². The highest BCUT2D eigenvalue weighted by molar-refractivity contribution is 5.87. The standard InChI is InChI=1S/C12H14N6O3/c1-18-16-11(15-17-18)14-12(21)13-7-6-8-2-4-9(5-3-8)10(19)20/h2-5H,6-7H2,1H3,(H,19,20)(H2,13,14,16,21). The number of carbonyl (C=O) groups excluding carboxylic acids is 1. The first-order chi connectivity index (χ1) is 10.0. The number of anilines is 1. The van der Waals surface area contributed by atoms with Crippen LogP contribution in [0.3, 0.4) is 0 Å². The van der Waals surface area contributed by atoms with Crippen LogP contribution in [0.25, 0.3) is 0 Å². The minimum absolute atomic E-state index is 0.126. The van der Waals surface area contributed by atoms with Gasteiger partial charge in [0.1, 0.15) is 0 Å². The molecule has 21 heavy (non-hydrogen) atoms. The van der Waals surface area contributed by atoms with Crippen LogP contribution < -0.4 is 10.6 Å². The van der Waals surface area contributed by atoms with E-state index >= 15 is 0 Å². The molecule has 0 spiro atoms. The highest BCUT2D eigenvalue weighted by atomic mass is 16.4. The zero-order chi connectivity index (χ0) is 15.2. The third kappa shape index (κ3) is 4.27. The summed E-state index contributed by atoms with van der Waals surface area (Å²) in [4.78, 5) is 23.5. The Bertz CT molecular complexity index is 637. The number of nitrogens with zero attached hydrogens (tertiary/aromatic N) is 4. The first-order valence-electron chi connectivity index (χ1n) is 6.15. The number of aromatic carboxylic acids is 1. The number of carboxylic acids is 1. The summed E-state index contributed by atoms with van der Waals surface area (Å²) in [6.07, 6.45) is 0.585. The summed E-state index contributed by atoms with van der Waals surface area (Å²) < 4.78 is 0. The van der Waals surface area contributed by atoms with Crippen LogP contribution in [0, 0.1) is 0 Å². The number of hydrogen-bond acceptors (Lipinski definition) is 5. The molecule has 2 aromatic rings. The fraction of sp³-hybridized carbons (Fsp3) is 0.250. The summed E-state index contributed by atoms with van der Waals surface area (Å²) in [5, 5.41) is 24.9. The van der Waals surface area contributed by atoms with Gasteiger partial charge >= 0.3 is 12.0 Å². The lowest BCUT2D eigenvalue weighted by atomic mass is 10.1. The molecule has 2 rings (SSSR count). The van der Waals surface area contributed by atoms with Crippen molar-refractivity contribution >= 4 is 17.9 Å². The van der Waals surface area contributed by atoms with Crippen LogP contribution in [0.4, 0.5) is 10.7 Å². The van der Waals surface area contributed by atoms with Crippen molar-refractivity contribution in [2.45, 2.75) is 6.42 Å². The van der Waals surface area contributed by atoms with E-state index < -0.39 is 12.0 Å². The Labute approximate surface area is 120 Å². The van der Waals surface area contributed by atoms with Crippen molar-refractivity contribution in [2.24, 2.45) is 7.05 Å². The number of hydrogen-bond donors (Lipinski definition) is 3. The fourth-order valence-electron chi connectivity index (χ4n) is 1.61. The minimum Gasteiger partial charge on any atom is -0.478 e.